The smallest absolute Gasteiger partial charge is 0.294 e. The number of methoxy groups -OCH3 is 2. The van der Waals surface area contributed by atoms with Crippen LogP contribution in [0.4, 0.5) is 4.79 Å². The highest BCUT2D eigenvalue weighted by molar-refractivity contribution is 8.18. The average Bonchev–Trinajstić information content (AvgIpc) is 3.27. The van der Waals surface area contributed by atoms with Gasteiger partial charge in [0.25, 0.3) is 11.1 Å². The van der Waals surface area contributed by atoms with E-state index in [1.807, 2.05) is 6.92 Å². The van der Waals surface area contributed by atoms with Gasteiger partial charge < -0.3 is 14.4 Å². The highest BCUT2D eigenvalue weighted by Gasteiger charge is 2.37. The summed E-state index contributed by atoms with van der Waals surface area (Å²) in [6.45, 7) is 3.02. The molecule has 2 aliphatic heterocycles. The Kier molecular flexibility index (Phi) is 5.74. The van der Waals surface area contributed by atoms with Crippen molar-refractivity contribution in [3.8, 4) is 11.5 Å². The quantitative estimate of drug-likeness (QED) is 0.720. The van der Waals surface area contributed by atoms with E-state index in [1.165, 1.54) is 0 Å². The van der Waals surface area contributed by atoms with Gasteiger partial charge in [0.2, 0.25) is 5.91 Å². The number of hydrogen-bond donors (Lipinski definition) is 0. The minimum atomic E-state index is -0.451. The molecule has 2 heterocycles. The topological polar surface area (TPSA) is 76.2 Å². The third kappa shape index (κ3) is 3.80. The third-order valence-corrected chi connectivity index (χ3v) is 5.63. The number of carbonyl (C=O) groups excluding carboxylic acids is 3. The first-order valence-electron chi connectivity index (χ1n) is 8.71. The van der Waals surface area contributed by atoms with Crippen molar-refractivity contribution in [3.63, 3.8) is 0 Å². The molecule has 0 N–H and O–H groups in total. The average molecular weight is 390 g/mol. The highest BCUT2D eigenvalue weighted by Crippen LogP contribution is 2.37. The number of imide groups is 1. The Hall–Kier alpha value is -2.48. The molecule has 0 atom stereocenters. The van der Waals surface area contributed by atoms with Gasteiger partial charge in [0.15, 0.2) is 0 Å². The van der Waals surface area contributed by atoms with E-state index in [1.54, 1.807) is 37.3 Å². The number of thioether (sulfide) groups is 1. The van der Waals surface area contributed by atoms with Crippen LogP contribution in [0.15, 0.2) is 17.0 Å². The van der Waals surface area contributed by atoms with Crippen LogP contribution in [0.5, 0.6) is 11.5 Å². The maximum Gasteiger partial charge on any atom is 0.294 e. The summed E-state index contributed by atoms with van der Waals surface area (Å²) in [6.07, 6.45) is 3.55. The number of carbonyl (C=O) groups is 3. The molecule has 0 radical (unpaired) electrons. The lowest BCUT2D eigenvalue weighted by Crippen LogP contribution is -2.40. The van der Waals surface area contributed by atoms with Crippen LogP contribution in [0.1, 0.15) is 24.0 Å². The Labute approximate surface area is 162 Å². The molecule has 0 spiro atoms. The molecular formula is C19H22N2O5S. The lowest BCUT2D eigenvalue weighted by atomic mass is 10.1. The lowest BCUT2D eigenvalue weighted by Gasteiger charge is -2.18. The predicted molar refractivity (Wildman–Crippen MR) is 103 cm³/mol. The van der Waals surface area contributed by atoms with Gasteiger partial charge in [-0.3, -0.25) is 19.3 Å². The van der Waals surface area contributed by atoms with Crippen LogP contribution in [0.25, 0.3) is 6.08 Å². The van der Waals surface area contributed by atoms with Crippen LogP contribution in [0.2, 0.25) is 0 Å². The Morgan fingerprint density at radius 1 is 1.19 bits per heavy atom. The summed E-state index contributed by atoms with van der Waals surface area (Å²) >= 11 is 0.837. The second kappa shape index (κ2) is 8.04. The number of likely N-dealkylation sites (tertiary alicyclic amines) is 1. The van der Waals surface area contributed by atoms with Crippen LogP contribution >= 0.6 is 11.8 Å². The molecule has 2 aliphatic rings. The van der Waals surface area contributed by atoms with E-state index >= 15 is 0 Å². The van der Waals surface area contributed by atoms with Crippen LogP contribution in [-0.2, 0) is 9.59 Å². The van der Waals surface area contributed by atoms with E-state index in [-0.39, 0.29) is 17.4 Å². The molecule has 2 saturated heterocycles. The van der Waals surface area contributed by atoms with Crippen molar-refractivity contribution in [1.82, 2.24) is 9.80 Å². The van der Waals surface area contributed by atoms with E-state index < -0.39 is 11.1 Å². The summed E-state index contributed by atoms with van der Waals surface area (Å²) in [4.78, 5) is 40.2. The summed E-state index contributed by atoms with van der Waals surface area (Å²) < 4.78 is 10.7. The standard InChI is InChI=1S/C19H22N2O5S/c1-12-14(25-2)7-6-13(17(12)26-3)10-15-18(23)21(19(24)27-15)11-16(22)20-8-4-5-9-20/h6-7,10H,4-5,8-9,11H2,1-3H3. The summed E-state index contributed by atoms with van der Waals surface area (Å²) in [7, 11) is 3.11. The fourth-order valence-electron chi connectivity index (χ4n) is 3.28. The van der Waals surface area contributed by atoms with Crippen LogP contribution < -0.4 is 9.47 Å². The summed E-state index contributed by atoms with van der Waals surface area (Å²) in [5, 5.41) is -0.428. The zero-order valence-electron chi connectivity index (χ0n) is 15.6. The fourth-order valence-corrected chi connectivity index (χ4v) is 4.11. The van der Waals surface area contributed by atoms with Gasteiger partial charge in [0, 0.05) is 24.2 Å². The number of benzene rings is 1. The number of ether oxygens (including phenoxy) is 2. The van der Waals surface area contributed by atoms with Gasteiger partial charge >= 0.3 is 0 Å². The van der Waals surface area contributed by atoms with Gasteiger partial charge in [-0.15, -0.1) is 0 Å². The van der Waals surface area contributed by atoms with E-state index in [0.29, 0.717) is 30.2 Å². The Morgan fingerprint density at radius 2 is 1.89 bits per heavy atom. The first-order valence-corrected chi connectivity index (χ1v) is 9.52. The lowest BCUT2D eigenvalue weighted by molar-refractivity contribution is -0.135. The molecule has 0 aliphatic carbocycles. The molecule has 1 aromatic rings. The van der Waals surface area contributed by atoms with E-state index in [2.05, 4.69) is 0 Å². The van der Waals surface area contributed by atoms with Gasteiger partial charge in [-0.1, -0.05) is 0 Å². The Bertz CT molecular complexity index is 815. The van der Waals surface area contributed by atoms with Gasteiger partial charge in [-0.05, 0) is 49.7 Å². The maximum atomic E-state index is 12.7. The van der Waals surface area contributed by atoms with Gasteiger partial charge in [-0.25, -0.2) is 0 Å². The van der Waals surface area contributed by atoms with Crippen molar-refractivity contribution >= 4 is 34.9 Å². The second-order valence-corrected chi connectivity index (χ2v) is 7.36. The van der Waals surface area contributed by atoms with Crippen molar-refractivity contribution in [2.45, 2.75) is 19.8 Å². The number of amides is 3. The van der Waals surface area contributed by atoms with Crippen LogP contribution in [0, 0.1) is 6.92 Å². The van der Waals surface area contributed by atoms with Crippen LogP contribution in [0.3, 0.4) is 0 Å². The molecule has 3 rings (SSSR count). The van der Waals surface area contributed by atoms with Crippen molar-refractivity contribution in [2.75, 3.05) is 33.9 Å². The first kappa shape index (κ1) is 19.3. The zero-order valence-corrected chi connectivity index (χ0v) is 16.4. The summed E-state index contributed by atoms with van der Waals surface area (Å²) in [5.41, 5.74) is 1.48. The maximum absolute atomic E-state index is 12.7. The summed E-state index contributed by atoms with van der Waals surface area (Å²) in [6, 6.07) is 3.55. The van der Waals surface area contributed by atoms with Crippen molar-refractivity contribution in [1.29, 1.82) is 0 Å². The van der Waals surface area contributed by atoms with E-state index in [0.717, 1.165) is 35.1 Å². The molecule has 0 bridgehead atoms. The molecule has 0 unspecified atom stereocenters. The Morgan fingerprint density at radius 3 is 2.52 bits per heavy atom. The largest absolute Gasteiger partial charge is 0.496 e. The van der Waals surface area contributed by atoms with Gasteiger partial charge in [0.1, 0.15) is 18.0 Å². The molecule has 2 fully saturated rings. The van der Waals surface area contributed by atoms with Gasteiger partial charge in [-0.2, -0.15) is 0 Å². The van der Waals surface area contributed by atoms with Crippen LogP contribution in [-0.4, -0.2) is 60.7 Å². The second-order valence-electron chi connectivity index (χ2n) is 6.37. The molecule has 0 aromatic heterocycles. The summed E-state index contributed by atoms with van der Waals surface area (Å²) in [5.74, 6) is 0.615. The number of nitrogens with zero attached hydrogens (tertiary/aromatic N) is 2. The number of rotatable bonds is 5. The molecular weight excluding hydrogens is 368 g/mol. The van der Waals surface area contributed by atoms with Crippen molar-refractivity contribution in [3.05, 3.63) is 28.2 Å². The highest BCUT2D eigenvalue weighted by atomic mass is 32.2. The van der Waals surface area contributed by atoms with Crippen molar-refractivity contribution < 1.29 is 23.9 Å². The molecule has 144 valence electrons. The molecule has 7 nitrogen and oxygen atoms in total. The molecule has 27 heavy (non-hydrogen) atoms. The van der Waals surface area contributed by atoms with E-state index in [9.17, 15) is 14.4 Å². The molecule has 8 heteroatoms. The van der Waals surface area contributed by atoms with E-state index in [4.69, 9.17) is 9.47 Å². The van der Waals surface area contributed by atoms with Crippen molar-refractivity contribution in [2.24, 2.45) is 0 Å². The Balaban J connectivity index is 1.82. The molecule has 0 saturated carbocycles. The molecule has 1 aromatic carbocycles. The normalized spacial score (nSPS) is 18.6. The third-order valence-electron chi connectivity index (χ3n) is 4.72. The fraction of sp³-hybridized carbons (Fsp3) is 0.421. The molecule has 3 amide bonds. The first-order chi connectivity index (χ1) is 13.0. The van der Waals surface area contributed by atoms with Gasteiger partial charge in [0.05, 0.1) is 19.1 Å². The zero-order chi connectivity index (χ0) is 19.6. The monoisotopic (exact) mass is 390 g/mol. The minimum Gasteiger partial charge on any atom is -0.496 e. The minimum absolute atomic E-state index is 0.186. The SMILES string of the molecule is COc1ccc(C=C2SC(=O)N(CC(=O)N3CCCC3)C2=O)c(OC)c1C. The number of hydrogen-bond acceptors (Lipinski definition) is 6. The predicted octanol–water partition coefficient (Wildman–Crippen LogP) is 2.67.